The van der Waals surface area contributed by atoms with Crippen LogP contribution in [0, 0.1) is 12.8 Å². The lowest BCUT2D eigenvalue weighted by molar-refractivity contribution is -0.0857. The summed E-state index contributed by atoms with van der Waals surface area (Å²) in [6.07, 6.45) is 0. The summed E-state index contributed by atoms with van der Waals surface area (Å²) in [5.41, 5.74) is 10.3. The van der Waals surface area contributed by atoms with Crippen molar-refractivity contribution in [2.24, 2.45) is 11.7 Å². The van der Waals surface area contributed by atoms with Crippen LogP contribution in [0.15, 0.2) is 18.2 Å². The van der Waals surface area contributed by atoms with Crippen molar-refractivity contribution < 1.29 is 4.74 Å². The maximum Gasteiger partial charge on any atom is 0.0588 e. The Morgan fingerprint density at radius 1 is 1.28 bits per heavy atom. The van der Waals surface area contributed by atoms with E-state index in [2.05, 4.69) is 45.9 Å². The van der Waals surface area contributed by atoms with Gasteiger partial charge in [-0.1, -0.05) is 39.0 Å². The lowest BCUT2D eigenvalue weighted by Crippen LogP contribution is -2.54. The fourth-order valence-corrected chi connectivity index (χ4v) is 2.79. The van der Waals surface area contributed by atoms with Crippen LogP contribution in [0.25, 0.3) is 0 Å². The lowest BCUT2D eigenvalue weighted by Gasteiger charge is -2.47. The van der Waals surface area contributed by atoms with E-state index in [1.165, 1.54) is 16.7 Å². The van der Waals surface area contributed by atoms with E-state index in [0.29, 0.717) is 18.4 Å². The molecule has 0 bridgehead atoms. The summed E-state index contributed by atoms with van der Waals surface area (Å²) in [7, 11) is 0. The lowest BCUT2D eigenvalue weighted by atomic mass is 9.67. The van der Waals surface area contributed by atoms with E-state index in [1.54, 1.807) is 0 Å². The Morgan fingerprint density at radius 3 is 2.39 bits per heavy atom. The van der Waals surface area contributed by atoms with Crippen LogP contribution >= 0.6 is 0 Å². The predicted octanol–water partition coefficient (Wildman–Crippen LogP) is 2.98. The molecular formula is C16H25NO. The van der Waals surface area contributed by atoms with E-state index in [1.807, 2.05) is 0 Å². The minimum Gasteiger partial charge on any atom is -0.379 e. The molecule has 1 aromatic carbocycles. The molecule has 100 valence electrons. The molecule has 1 heterocycles. The smallest absolute Gasteiger partial charge is 0.0588 e. The summed E-state index contributed by atoms with van der Waals surface area (Å²) in [6, 6.07) is 6.85. The third-order valence-corrected chi connectivity index (χ3v) is 4.48. The minimum absolute atomic E-state index is 0.143. The highest BCUT2D eigenvalue weighted by molar-refractivity contribution is 5.40. The first-order chi connectivity index (χ1) is 8.51. The largest absolute Gasteiger partial charge is 0.379 e. The fraction of sp³-hybridized carbons (Fsp3) is 0.625. The topological polar surface area (TPSA) is 35.2 Å². The zero-order valence-corrected chi connectivity index (χ0v) is 12.0. The van der Waals surface area contributed by atoms with Crippen molar-refractivity contribution in [3.63, 3.8) is 0 Å². The van der Waals surface area contributed by atoms with E-state index in [4.69, 9.17) is 10.5 Å². The molecule has 0 amide bonds. The van der Waals surface area contributed by atoms with E-state index in [-0.39, 0.29) is 5.41 Å². The number of hydrogen-bond donors (Lipinski definition) is 1. The van der Waals surface area contributed by atoms with Gasteiger partial charge >= 0.3 is 0 Å². The maximum atomic E-state index is 5.90. The maximum absolute atomic E-state index is 5.90. The van der Waals surface area contributed by atoms with E-state index >= 15 is 0 Å². The summed E-state index contributed by atoms with van der Waals surface area (Å²) >= 11 is 0. The molecule has 2 nitrogen and oxygen atoms in total. The third kappa shape index (κ3) is 2.08. The molecule has 1 aliphatic heterocycles. The van der Waals surface area contributed by atoms with Crippen LogP contribution in [0.2, 0.25) is 0 Å². The first kappa shape index (κ1) is 13.6. The molecule has 1 aliphatic rings. The Labute approximate surface area is 111 Å². The second-order valence-electron chi connectivity index (χ2n) is 6.01. The van der Waals surface area contributed by atoms with Crippen molar-refractivity contribution in [3.8, 4) is 0 Å². The van der Waals surface area contributed by atoms with Gasteiger partial charge in [-0.15, -0.1) is 0 Å². The van der Waals surface area contributed by atoms with Gasteiger partial charge in [-0.05, 0) is 42.0 Å². The molecule has 1 fully saturated rings. The van der Waals surface area contributed by atoms with Crippen molar-refractivity contribution in [1.82, 2.24) is 0 Å². The van der Waals surface area contributed by atoms with Crippen LogP contribution in [0.1, 0.15) is 43.4 Å². The number of ether oxygens (including phenoxy) is 1. The van der Waals surface area contributed by atoms with Crippen LogP contribution in [-0.4, -0.2) is 19.8 Å². The van der Waals surface area contributed by atoms with E-state index in [9.17, 15) is 0 Å². The minimum atomic E-state index is 0.143. The van der Waals surface area contributed by atoms with Crippen LogP contribution < -0.4 is 5.73 Å². The Balaban J connectivity index is 2.45. The quantitative estimate of drug-likeness (QED) is 0.887. The van der Waals surface area contributed by atoms with E-state index in [0.717, 1.165) is 13.2 Å². The van der Waals surface area contributed by atoms with Gasteiger partial charge in [-0.2, -0.15) is 0 Å². The summed E-state index contributed by atoms with van der Waals surface area (Å²) in [4.78, 5) is 0. The van der Waals surface area contributed by atoms with Gasteiger partial charge in [0.2, 0.25) is 0 Å². The average Bonchev–Trinajstić information content (AvgIpc) is 2.29. The highest BCUT2D eigenvalue weighted by Gasteiger charge is 2.45. The number of nitrogens with two attached hydrogens (primary N) is 1. The van der Waals surface area contributed by atoms with Gasteiger partial charge in [0.1, 0.15) is 0 Å². The number of rotatable bonds is 4. The third-order valence-electron chi connectivity index (χ3n) is 4.48. The van der Waals surface area contributed by atoms with Crippen LogP contribution in [0.5, 0.6) is 0 Å². The Morgan fingerprint density at radius 2 is 1.94 bits per heavy atom. The Bertz CT molecular complexity index is 421. The molecule has 1 atom stereocenters. The molecular weight excluding hydrogens is 222 g/mol. The van der Waals surface area contributed by atoms with Crippen LogP contribution in [0.3, 0.4) is 0 Å². The van der Waals surface area contributed by atoms with Gasteiger partial charge in [0.05, 0.1) is 13.2 Å². The molecule has 0 aromatic heterocycles. The van der Waals surface area contributed by atoms with Crippen LogP contribution in [0.4, 0.5) is 0 Å². The monoisotopic (exact) mass is 247 g/mol. The van der Waals surface area contributed by atoms with Crippen LogP contribution in [-0.2, 0) is 10.2 Å². The summed E-state index contributed by atoms with van der Waals surface area (Å²) in [6.45, 7) is 11.3. The number of benzene rings is 1. The molecule has 1 aromatic rings. The van der Waals surface area contributed by atoms with Crippen molar-refractivity contribution in [2.45, 2.75) is 39.0 Å². The number of hydrogen-bond acceptors (Lipinski definition) is 2. The predicted molar refractivity (Wildman–Crippen MR) is 76.0 cm³/mol. The molecule has 2 rings (SSSR count). The summed E-state index contributed by atoms with van der Waals surface area (Å²) in [5.74, 6) is 1.03. The summed E-state index contributed by atoms with van der Waals surface area (Å²) < 4.78 is 5.52. The zero-order valence-electron chi connectivity index (χ0n) is 12.0. The Hall–Kier alpha value is -0.860. The zero-order chi connectivity index (χ0) is 13.3. The number of aryl methyl sites for hydroxylation is 1. The second kappa shape index (κ2) is 5.02. The van der Waals surface area contributed by atoms with Crippen molar-refractivity contribution in [3.05, 3.63) is 34.9 Å². The van der Waals surface area contributed by atoms with E-state index < -0.39 is 0 Å². The van der Waals surface area contributed by atoms with Gasteiger partial charge < -0.3 is 10.5 Å². The molecule has 0 radical (unpaired) electrons. The molecule has 0 spiro atoms. The molecule has 18 heavy (non-hydrogen) atoms. The average molecular weight is 247 g/mol. The Kier molecular flexibility index (Phi) is 3.79. The second-order valence-corrected chi connectivity index (χ2v) is 6.01. The molecule has 1 unspecified atom stereocenters. The SMILES string of the molecule is Cc1ccc(C(C)C)cc1C1(C(C)CN)COC1. The van der Waals surface area contributed by atoms with Gasteiger partial charge in [0, 0.05) is 5.41 Å². The highest BCUT2D eigenvalue weighted by Crippen LogP contribution is 2.41. The molecule has 0 aliphatic carbocycles. The van der Waals surface area contributed by atoms with Gasteiger partial charge in [-0.25, -0.2) is 0 Å². The molecule has 0 saturated carbocycles. The molecule has 2 N–H and O–H groups in total. The normalized spacial score (nSPS) is 19.7. The fourth-order valence-electron chi connectivity index (χ4n) is 2.79. The molecule has 1 saturated heterocycles. The first-order valence-electron chi connectivity index (χ1n) is 6.90. The highest BCUT2D eigenvalue weighted by atomic mass is 16.5. The van der Waals surface area contributed by atoms with Crippen molar-refractivity contribution >= 4 is 0 Å². The first-order valence-corrected chi connectivity index (χ1v) is 6.90. The standard InChI is InChI=1S/C16H25NO/c1-11(2)14-6-5-12(3)15(7-14)16(9-18-10-16)13(4)8-17/h5-7,11,13H,8-10,17H2,1-4H3. The van der Waals surface area contributed by atoms with Crippen molar-refractivity contribution in [1.29, 1.82) is 0 Å². The van der Waals surface area contributed by atoms with Gasteiger partial charge in [0.15, 0.2) is 0 Å². The van der Waals surface area contributed by atoms with Gasteiger partial charge in [0.25, 0.3) is 0 Å². The van der Waals surface area contributed by atoms with Crippen molar-refractivity contribution in [2.75, 3.05) is 19.8 Å². The summed E-state index contributed by atoms with van der Waals surface area (Å²) in [5, 5.41) is 0. The molecule has 2 heteroatoms. The van der Waals surface area contributed by atoms with Gasteiger partial charge in [-0.3, -0.25) is 0 Å².